The SMILES string of the molecule is CN(C)C(=O)c1cc2ccc(C3=CCCN(C(=O)Cc4ccccc4)C3)cc2[nH]1. The molecule has 29 heavy (non-hydrogen) atoms. The first-order valence-electron chi connectivity index (χ1n) is 9.87. The maximum absolute atomic E-state index is 12.7. The van der Waals surface area contributed by atoms with Gasteiger partial charge in [-0.2, -0.15) is 0 Å². The van der Waals surface area contributed by atoms with Crippen LogP contribution in [0.5, 0.6) is 0 Å². The molecule has 2 heterocycles. The maximum Gasteiger partial charge on any atom is 0.269 e. The highest BCUT2D eigenvalue weighted by molar-refractivity contribution is 5.98. The van der Waals surface area contributed by atoms with E-state index < -0.39 is 0 Å². The number of aromatic nitrogens is 1. The number of carbonyl (C=O) groups is 2. The molecule has 5 heteroatoms. The highest BCUT2D eigenvalue weighted by atomic mass is 16.2. The number of fused-ring (bicyclic) bond motifs is 1. The van der Waals surface area contributed by atoms with Crippen LogP contribution in [0.25, 0.3) is 16.5 Å². The minimum atomic E-state index is -0.0442. The molecule has 1 aliphatic heterocycles. The first-order chi connectivity index (χ1) is 14.0. The zero-order chi connectivity index (χ0) is 20.4. The third-order valence-electron chi connectivity index (χ3n) is 5.33. The van der Waals surface area contributed by atoms with Crippen LogP contribution in [0.2, 0.25) is 0 Å². The van der Waals surface area contributed by atoms with E-state index in [4.69, 9.17) is 0 Å². The average Bonchev–Trinajstić information content (AvgIpc) is 3.17. The van der Waals surface area contributed by atoms with Gasteiger partial charge in [0.1, 0.15) is 5.69 Å². The largest absolute Gasteiger partial charge is 0.351 e. The van der Waals surface area contributed by atoms with Crippen molar-refractivity contribution in [3.63, 3.8) is 0 Å². The lowest BCUT2D eigenvalue weighted by molar-refractivity contribution is -0.129. The van der Waals surface area contributed by atoms with E-state index in [0.717, 1.165) is 40.6 Å². The van der Waals surface area contributed by atoms with E-state index in [-0.39, 0.29) is 11.8 Å². The van der Waals surface area contributed by atoms with Gasteiger partial charge in [-0.25, -0.2) is 0 Å². The van der Waals surface area contributed by atoms with Crippen molar-refractivity contribution in [1.29, 1.82) is 0 Å². The summed E-state index contributed by atoms with van der Waals surface area (Å²) in [6.45, 7) is 1.36. The number of carbonyl (C=O) groups excluding carboxylic acids is 2. The quantitative estimate of drug-likeness (QED) is 0.742. The Balaban J connectivity index is 1.52. The Kier molecular flexibility index (Phi) is 5.21. The lowest BCUT2D eigenvalue weighted by Crippen LogP contribution is -2.36. The number of nitrogens with one attached hydrogen (secondary N) is 1. The lowest BCUT2D eigenvalue weighted by Gasteiger charge is -2.28. The van der Waals surface area contributed by atoms with E-state index >= 15 is 0 Å². The molecule has 0 saturated carbocycles. The van der Waals surface area contributed by atoms with Crippen LogP contribution in [0.15, 0.2) is 60.7 Å². The number of hydrogen-bond donors (Lipinski definition) is 1. The zero-order valence-corrected chi connectivity index (χ0v) is 16.8. The summed E-state index contributed by atoms with van der Waals surface area (Å²) in [5, 5.41) is 1.01. The van der Waals surface area contributed by atoms with Gasteiger partial charge in [-0.3, -0.25) is 9.59 Å². The molecule has 0 fully saturated rings. The molecule has 0 radical (unpaired) electrons. The Labute approximate surface area is 170 Å². The first-order valence-corrected chi connectivity index (χ1v) is 9.87. The van der Waals surface area contributed by atoms with E-state index in [1.165, 1.54) is 0 Å². The summed E-state index contributed by atoms with van der Waals surface area (Å²) >= 11 is 0. The van der Waals surface area contributed by atoms with Gasteiger partial charge in [0, 0.05) is 38.1 Å². The summed E-state index contributed by atoms with van der Waals surface area (Å²) in [6, 6.07) is 17.9. The summed E-state index contributed by atoms with van der Waals surface area (Å²) in [6.07, 6.45) is 3.49. The number of amides is 2. The van der Waals surface area contributed by atoms with Gasteiger partial charge in [-0.05, 0) is 35.3 Å². The number of benzene rings is 2. The molecule has 0 bridgehead atoms. The van der Waals surface area contributed by atoms with Crippen LogP contribution in [-0.4, -0.2) is 53.8 Å². The summed E-state index contributed by atoms with van der Waals surface area (Å²) in [5.41, 5.74) is 4.79. The molecule has 1 aromatic heterocycles. The highest BCUT2D eigenvalue weighted by Gasteiger charge is 2.20. The van der Waals surface area contributed by atoms with Crippen LogP contribution in [0.3, 0.4) is 0 Å². The van der Waals surface area contributed by atoms with Gasteiger partial charge in [0.05, 0.1) is 6.42 Å². The first kappa shape index (κ1) is 19.0. The Hall–Kier alpha value is -3.34. The summed E-state index contributed by atoms with van der Waals surface area (Å²) in [5.74, 6) is 0.110. The normalized spacial score (nSPS) is 14.0. The second-order valence-electron chi connectivity index (χ2n) is 7.68. The number of H-pyrrole nitrogens is 1. The summed E-state index contributed by atoms with van der Waals surface area (Å²) in [7, 11) is 3.49. The number of rotatable bonds is 4. The van der Waals surface area contributed by atoms with Crippen LogP contribution >= 0.6 is 0 Å². The van der Waals surface area contributed by atoms with Crippen LogP contribution < -0.4 is 0 Å². The van der Waals surface area contributed by atoms with E-state index in [1.54, 1.807) is 19.0 Å². The molecule has 3 aromatic rings. The van der Waals surface area contributed by atoms with E-state index in [1.807, 2.05) is 47.4 Å². The zero-order valence-electron chi connectivity index (χ0n) is 16.8. The second kappa shape index (κ2) is 7.95. The van der Waals surface area contributed by atoms with Crippen LogP contribution in [0, 0.1) is 0 Å². The van der Waals surface area contributed by atoms with Crippen LogP contribution in [0.1, 0.15) is 28.0 Å². The molecule has 0 atom stereocenters. The molecule has 0 saturated heterocycles. The molecule has 4 rings (SSSR count). The number of hydrogen-bond acceptors (Lipinski definition) is 2. The fourth-order valence-electron chi connectivity index (χ4n) is 3.73. The fourth-order valence-corrected chi connectivity index (χ4v) is 3.73. The Bertz CT molecular complexity index is 1080. The van der Waals surface area contributed by atoms with E-state index in [0.29, 0.717) is 18.7 Å². The van der Waals surface area contributed by atoms with E-state index in [2.05, 4.69) is 23.2 Å². The molecule has 0 unspecified atom stereocenters. The smallest absolute Gasteiger partial charge is 0.269 e. The Morgan fingerprint density at radius 2 is 1.86 bits per heavy atom. The molecule has 148 valence electrons. The van der Waals surface area contributed by atoms with Gasteiger partial charge < -0.3 is 14.8 Å². The van der Waals surface area contributed by atoms with Crippen molar-refractivity contribution in [2.24, 2.45) is 0 Å². The third kappa shape index (κ3) is 4.09. The molecular formula is C24H25N3O2. The average molecular weight is 387 g/mol. The predicted octanol–water partition coefficient (Wildman–Crippen LogP) is 3.73. The topological polar surface area (TPSA) is 56.4 Å². The summed E-state index contributed by atoms with van der Waals surface area (Å²) < 4.78 is 0. The third-order valence-corrected chi connectivity index (χ3v) is 5.33. The van der Waals surface area contributed by atoms with Gasteiger partial charge in [-0.15, -0.1) is 0 Å². The second-order valence-corrected chi connectivity index (χ2v) is 7.68. The van der Waals surface area contributed by atoms with Gasteiger partial charge in [-0.1, -0.05) is 48.5 Å². The molecule has 5 nitrogen and oxygen atoms in total. The highest BCUT2D eigenvalue weighted by Crippen LogP contribution is 2.26. The van der Waals surface area contributed by atoms with Crippen molar-refractivity contribution in [3.8, 4) is 0 Å². The molecule has 2 aromatic carbocycles. The van der Waals surface area contributed by atoms with Crippen LogP contribution in [0.4, 0.5) is 0 Å². The standard InChI is InChI=1S/C24H25N3O2/c1-26(2)24(29)22-15-19-11-10-18(14-21(19)25-22)20-9-6-12-27(16-20)23(28)13-17-7-4-3-5-8-17/h3-5,7-11,14-15,25H,6,12-13,16H2,1-2H3. The van der Waals surface area contributed by atoms with Crippen molar-refractivity contribution in [1.82, 2.24) is 14.8 Å². The fraction of sp³-hybridized carbons (Fsp3) is 0.250. The number of nitrogens with zero attached hydrogens (tertiary/aromatic N) is 2. The summed E-state index contributed by atoms with van der Waals surface area (Å²) in [4.78, 5) is 31.7. The molecular weight excluding hydrogens is 362 g/mol. The molecule has 1 N–H and O–H groups in total. The molecule has 2 amide bonds. The minimum absolute atomic E-state index is 0.0442. The molecule has 1 aliphatic rings. The van der Waals surface area contributed by atoms with Crippen molar-refractivity contribution >= 4 is 28.3 Å². The molecule has 0 spiro atoms. The van der Waals surface area contributed by atoms with Gasteiger partial charge in [0.15, 0.2) is 0 Å². The van der Waals surface area contributed by atoms with Crippen LogP contribution in [-0.2, 0) is 11.2 Å². The number of aromatic amines is 1. The van der Waals surface area contributed by atoms with Gasteiger partial charge in [0.25, 0.3) is 5.91 Å². The Morgan fingerprint density at radius 1 is 1.07 bits per heavy atom. The van der Waals surface area contributed by atoms with Gasteiger partial charge in [0.2, 0.25) is 5.91 Å². The minimum Gasteiger partial charge on any atom is -0.351 e. The monoisotopic (exact) mass is 387 g/mol. The van der Waals surface area contributed by atoms with Crippen molar-refractivity contribution in [2.75, 3.05) is 27.2 Å². The van der Waals surface area contributed by atoms with Gasteiger partial charge >= 0.3 is 0 Å². The van der Waals surface area contributed by atoms with Crippen molar-refractivity contribution < 1.29 is 9.59 Å². The Morgan fingerprint density at radius 3 is 2.62 bits per heavy atom. The molecule has 0 aliphatic carbocycles. The van der Waals surface area contributed by atoms with Crippen molar-refractivity contribution in [3.05, 3.63) is 77.5 Å². The van der Waals surface area contributed by atoms with Crippen molar-refractivity contribution in [2.45, 2.75) is 12.8 Å². The predicted molar refractivity (Wildman–Crippen MR) is 116 cm³/mol. The van der Waals surface area contributed by atoms with E-state index in [9.17, 15) is 9.59 Å². The lowest BCUT2D eigenvalue weighted by atomic mass is 9.99. The maximum atomic E-state index is 12.7.